The summed E-state index contributed by atoms with van der Waals surface area (Å²) in [7, 11) is 0. The van der Waals surface area contributed by atoms with Gasteiger partial charge >= 0.3 is 0 Å². The topological polar surface area (TPSA) is 18.5 Å². The summed E-state index contributed by atoms with van der Waals surface area (Å²) in [6, 6.07) is 7.68. The van der Waals surface area contributed by atoms with E-state index in [0.29, 0.717) is 6.61 Å². The Morgan fingerprint density at radius 1 is 1.14 bits per heavy atom. The summed E-state index contributed by atoms with van der Waals surface area (Å²) in [6.45, 7) is 6.95. The molecule has 1 aromatic rings. The van der Waals surface area contributed by atoms with Gasteiger partial charge in [-0.1, -0.05) is 25.5 Å². The third-order valence-electron chi connectivity index (χ3n) is 1.86. The Morgan fingerprint density at radius 2 is 1.79 bits per heavy atom. The number of unbranched alkanes of at least 4 members (excludes halogenated alkanes) is 1. The third-order valence-corrected chi connectivity index (χ3v) is 1.86. The number of para-hydroxylation sites is 2. The van der Waals surface area contributed by atoms with E-state index in [2.05, 4.69) is 13.8 Å². The van der Waals surface area contributed by atoms with E-state index in [-0.39, 0.29) is 0 Å². The lowest BCUT2D eigenvalue weighted by molar-refractivity contribution is 0.278. The highest BCUT2D eigenvalue weighted by atomic mass is 16.5. The van der Waals surface area contributed by atoms with Crippen molar-refractivity contribution in [2.75, 3.05) is 13.2 Å². The van der Waals surface area contributed by atoms with Crippen LogP contribution >= 0.6 is 0 Å². The molecule has 0 atom stereocenters. The van der Waals surface area contributed by atoms with Crippen LogP contribution in [0.2, 0.25) is 0 Å². The molecule has 0 spiro atoms. The Labute approximate surface area is 85.8 Å². The molecular weight excluding hydrogens is 176 g/mol. The van der Waals surface area contributed by atoms with Gasteiger partial charge in [-0.05, 0) is 25.5 Å². The molecule has 0 amide bonds. The molecule has 0 N–H and O–H groups in total. The molecule has 0 heterocycles. The van der Waals surface area contributed by atoms with Crippen molar-refractivity contribution in [1.29, 1.82) is 0 Å². The van der Waals surface area contributed by atoms with Crippen LogP contribution in [0.25, 0.3) is 0 Å². The van der Waals surface area contributed by atoms with Gasteiger partial charge in [-0.25, -0.2) is 0 Å². The van der Waals surface area contributed by atoms with Crippen LogP contribution in [0.1, 0.15) is 19.8 Å². The predicted octanol–water partition coefficient (Wildman–Crippen LogP) is 3.08. The van der Waals surface area contributed by atoms with Gasteiger partial charge in [-0.15, -0.1) is 0 Å². The van der Waals surface area contributed by atoms with Crippen LogP contribution in [-0.4, -0.2) is 13.2 Å². The van der Waals surface area contributed by atoms with Gasteiger partial charge in [0.2, 0.25) is 0 Å². The normalized spacial score (nSPS) is 9.86. The molecule has 0 aromatic heterocycles. The zero-order chi connectivity index (χ0) is 10.2. The third kappa shape index (κ3) is 3.29. The highest BCUT2D eigenvalue weighted by Crippen LogP contribution is 2.26. The molecule has 77 valence electrons. The molecule has 0 saturated heterocycles. The summed E-state index contributed by atoms with van der Waals surface area (Å²) in [6.07, 6.45) is 2.21. The first-order chi connectivity index (χ1) is 6.88. The Kier molecular flexibility index (Phi) is 4.90. The molecule has 2 heteroatoms. The highest BCUT2D eigenvalue weighted by Gasteiger charge is 2.01. The number of benzene rings is 1. The maximum Gasteiger partial charge on any atom is 0.161 e. The van der Waals surface area contributed by atoms with Gasteiger partial charge in [0, 0.05) is 0 Å². The van der Waals surface area contributed by atoms with E-state index in [4.69, 9.17) is 9.47 Å². The van der Waals surface area contributed by atoms with Crippen molar-refractivity contribution in [3.63, 3.8) is 0 Å². The lowest BCUT2D eigenvalue weighted by atomic mass is 10.3. The molecule has 0 aliphatic heterocycles. The lowest BCUT2D eigenvalue weighted by Gasteiger charge is -2.10. The Morgan fingerprint density at radius 3 is 2.36 bits per heavy atom. The van der Waals surface area contributed by atoms with Crippen LogP contribution in [-0.2, 0) is 0 Å². The molecule has 0 fully saturated rings. The van der Waals surface area contributed by atoms with Crippen LogP contribution in [0.3, 0.4) is 0 Å². The van der Waals surface area contributed by atoms with Gasteiger partial charge < -0.3 is 9.47 Å². The van der Waals surface area contributed by atoms with Crippen molar-refractivity contribution in [3.8, 4) is 11.5 Å². The Bertz CT molecular complexity index is 258. The molecule has 0 aliphatic carbocycles. The SMILES string of the molecule is [CH2]COc1ccccc1OCCCC. The van der Waals surface area contributed by atoms with E-state index in [1.807, 2.05) is 24.3 Å². The smallest absolute Gasteiger partial charge is 0.161 e. The Balaban J connectivity index is 2.55. The van der Waals surface area contributed by atoms with Crippen molar-refractivity contribution in [2.45, 2.75) is 19.8 Å². The fraction of sp³-hybridized carbons (Fsp3) is 0.417. The second kappa shape index (κ2) is 6.30. The molecular formula is C12H17O2. The van der Waals surface area contributed by atoms with Crippen LogP contribution in [0, 0.1) is 6.92 Å². The van der Waals surface area contributed by atoms with Crippen molar-refractivity contribution < 1.29 is 9.47 Å². The van der Waals surface area contributed by atoms with Crippen molar-refractivity contribution in [3.05, 3.63) is 31.2 Å². The fourth-order valence-corrected chi connectivity index (χ4v) is 1.13. The summed E-state index contributed by atoms with van der Waals surface area (Å²) in [5.41, 5.74) is 0. The summed E-state index contributed by atoms with van der Waals surface area (Å²) >= 11 is 0. The highest BCUT2D eigenvalue weighted by molar-refractivity contribution is 5.39. The van der Waals surface area contributed by atoms with E-state index in [0.717, 1.165) is 30.9 Å². The summed E-state index contributed by atoms with van der Waals surface area (Å²) in [5, 5.41) is 0. The number of ether oxygens (including phenoxy) is 2. The number of hydrogen-bond donors (Lipinski definition) is 0. The maximum atomic E-state index is 5.58. The molecule has 14 heavy (non-hydrogen) atoms. The lowest BCUT2D eigenvalue weighted by Crippen LogP contribution is -2.00. The number of rotatable bonds is 6. The van der Waals surface area contributed by atoms with Crippen LogP contribution in [0.5, 0.6) is 11.5 Å². The molecule has 2 nitrogen and oxygen atoms in total. The maximum absolute atomic E-state index is 5.58. The molecule has 1 radical (unpaired) electrons. The fourth-order valence-electron chi connectivity index (χ4n) is 1.13. The van der Waals surface area contributed by atoms with Crippen LogP contribution in [0.15, 0.2) is 24.3 Å². The second-order valence-corrected chi connectivity index (χ2v) is 3.00. The molecule has 0 unspecified atom stereocenters. The van der Waals surface area contributed by atoms with E-state index in [1.165, 1.54) is 0 Å². The van der Waals surface area contributed by atoms with Gasteiger partial charge in [-0.3, -0.25) is 0 Å². The van der Waals surface area contributed by atoms with Gasteiger partial charge in [0.1, 0.15) is 0 Å². The predicted molar refractivity (Wildman–Crippen MR) is 57.7 cm³/mol. The van der Waals surface area contributed by atoms with E-state index >= 15 is 0 Å². The van der Waals surface area contributed by atoms with E-state index in [9.17, 15) is 0 Å². The molecule has 0 bridgehead atoms. The minimum atomic E-state index is 0.425. The average Bonchev–Trinajstić information content (AvgIpc) is 2.21. The zero-order valence-corrected chi connectivity index (χ0v) is 8.66. The van der Waals surface area contributed by atoms with Gasteiger partial charge in [0.25, 0.3) is 0 Å². The van der Waals surface area contributed by atoms with E-state index in [1.54, 1.807) is 0 Å². The molecule has 0 aliphatic rings. The monoisotopic (exact) mass is 193 g/mol. The zero-order valence-electron chi connectivity index (χ0n) is 8.66. The quantitative estimate of drug-likeness (QED) is 0.646. The summed E-state index contributed by atoms with van der Waals surface area (Å²) in [5.74, 6) is 1.59. The molecule has 1 rings (SSSR count). The largest absolute Gasteiger partial charge is 0.490 e. The minimum Gasteiger partial charge on any atom is -0.490 e. The summed E-state index contributed by atoms with van der Waals surface area (Å²) in [4.78, 5) is 0. The van der Waals surface area contributed by atoms with Crippen molar-refractivity contribution in [1.82, 2.24) is 0 Å². The van der Waals surface area contributed by atoms with Crippen molar-refractivity contribution in [2.24, 2.45) is 0 Å². The van der Waals surface area contributed by atoms with Gasteiger partial charge in [-0.2, -0.15) is 0 Å². The first-order valence-electron chi connectivity index (χ1n) is 5.02. The van der Waals surface area contributed by atoms with Crippen molar-refractivity contribution >= 4 is 0 Å². The molecule has 1 aromatic carbocycles. The first-order valence-corrected chi connectivity index (χ1v) is 5.02. The minimum absolute atomic E-state index is 0.425. The number of hydrogen-bond acceptors (Lipinski definition) is 2. The van der Waals surface area contributed by atoms with Gasteiger partial charge in [0.05, 0.1) is 13.2 Å². The van der Waals surface area contributed by atoms with Crippen LogP contribution < -0.4 is 9.47 Å². The van der Waals surface area contributed by atoms with Crippen LogP contribution in [0.4, 0.5) is 0 Å². The Hall–Kier alpha value is -1.18. The average molecular weight is 193 g/mol. The first kappa shape index (κ1) is 10.9. The van der Waals surface area contributed by atoms with E-state index < -0.39 is 0 Å². The second-order valence-electron chi connectivity index (χ2n) is 3.00. The summed E-state index contributed by atoms with van der Waals surface area (Å²) < 4.78 is 10.9. The molecule has 0 saturated carbocycles. The van der Waals surface area contributed by atoms with Gasteiger partial charge in [0.15, 0.2) is 11.5 Å². The standard InChI is InChI=1S/C12H17O2/c1-3-5-10-14-12-9-7-6-8-11(12)13-4-2/h6-9H,2-5,10H2,1H3.